The van der Waals surface area contributed by atoms with Gasteiger partial charge in [0, 0.05) is 43.2 Å². The average molecular weight is 416 g/mol. The van der Waals surface area contributed by atoms with Crippen LogP contribution in [0.15, 0.2) is 73.1 Å². The molecule has 1 amide bonds. The largest absolute Gasteiger partial charge is 0.352 e. The molecular formula is C25H29N5O. The van der Waals surface area contributed by atoms with E-state index in [1.807, 2.05) is 65.5 Å². The Hall–Kier alpha value is -3.38. The molecule has 4 aromatic rings. The van der Waals surface area contributed by atoms with Crippen LogP contribution in [0.4, 0.5) is 0 Å². The summed E-state index contributed by atoms with van der Waals surface area (Å²) in [6, 6.07) is 19.8. The van der Waals surface area contributed by atoms with Gasteiger partial charge in [-0.1, -0.05) is 12.1 Å². The van der Waals surface area contributed by atoms with Gasteiger partial charge in [0.1, 0.15) is 5.82 Å². The number of nitrogens with one attached hydrogen (secondary N) is 1. The van der Waals surface area contributed by atoms with Crippen molar-refractivity contribution < 1.29 is 4.79 Å². The second-order valence-electron chi connectivity index (χ2n) is 7.97. The number of carbonyl (C=O) groups is 1. The van der Waals surface area contributed by atoms with Crippen molar-refractivity contribution in [1.82, 2.24) is 24.3 Å². The van der Waals surface area contributed by atoms with E-state index in [0.717, 1.165) is 42.1 Å². The Morgan fingerprint density at radius 2 is 1.74 bits per heavy atom. The summed E-state index contributed by atoms with van der Waals surface area (Å²) in [5.41, 5.74) is 3.86. The van der Waals surface area contributed by atoms with Crippen molar-refractivity contribution >= 4 is 16.9 Å². The minimum absolute atomic E-state index is 0.0608. The first-order valence-corrected chi connectivity index (χ1v) is 10.7. The third kappa shape index (κ3) is 5.03. The van der Waals surface area contributed by atoms with Crippen molar-refractivity contribution in [2.45, 2.75) is 19.4 Å². The highest BCUT2D eigenvalue weighted by Gasteiger charge is 2.11. The van der Waals surface area contributed by atoms with Gasteiger partial charge in [-0.15, -0.1) is 0 Å². The van der Waals surface area contributed by atoms with Crippen LogP contribution in [-0.2, 0) is 13.0 Å². The Balaban J connectivity index is 1.39. The first-order valence-electron chi connectivity index (χ1n) is 10.7. The molecule has 0 aliphatic carbocycles. The van der Waals surface area contributed by atoms with Crippen molar-refractivity contribution in [3.8, 4) is 5.69 Å². The fourth-order valence-electron chi connectivity index (χ4n) is 3.79. The first kappa shape index (κ1) is 20.9. The predicted octanol–water partition coefficient (Wildman–Crippen LogP) is 3.75. The average Bonchev–Trinajstić information content (AvgIpc) is 3.42. The van der Waals surface area contributed by atoms with E-state index in [2.05, 4.69) is 41.0 Å². The topological polar surface area (TPSA) is 55.1 Å². The SMILES string of the molecule is CN(C)CCCn1c(CCNC(=O)c2ccc(-n3cccc3)cc2)nc2ccccc21. The maximum Gasteiger partial charge on any atom is 0.251 e. The van der Waals surface area contributed by atoms with Crippen molar-refractivity contribution in [3.63, 3.8) is 0 Å². The summed E-state index contributed by atoms with van der Waals surface area (Å²) in [6.07, 6.45) is 5.73. The molecule has 0 saturated carbocycles. The van der Waals surface area contributed by atoms with Gasteiger partial charge in [0.25, 0.3) is 5.91 Å². The number of rotatable bonds is 9. The molecule has 31 heavy (non-hydrogen) atoms. The summed E-state index contributed by atoms with van der Waals surface area (Å²) in [5.74, 6) is 0.956. The Bertz CT molecular complexity index is 1130. The molecule has 0 saturated heterocycles. The summed E-state index contributed by atoms with van der Waals surface area (Å²) in [5, 5.41) is 3.04. The highest BCUT2D eigenvalue weighted by molar-refractivity contribution is 5.94. The van der Waals surface area contributed by atoms with Gasteiger partial charge in [-0.3, -0.25) is 4.79 Å². The second-order valence-corrected chi connectivity index (χ2v) is 7.97. The summed E-state index contributed by atoms with van der Waals surface area (Å²) in [7, 11) is 4.18. The molecule has 2 heterocycles. The van der Waals surface area contributed by atoms with Crippen LogP contribution in [0, 0.1) is 0 Å². The van der Waals surface area contributed by atoms with E-state index in [1.165, 1.54) is 0 Å². The Morgan fingerprint density at radius 1 is 1.00 bits per heavy atom. The van der Waals surface area contributed by atoms with E-state index in [4.69, 9.17) is 4.98 Å². The van der Waals surface area contributed by atoms with Crippen molar-refractivity contribution in [2.75, 3.05) is 27.2 Å². The molecule has 6 heteroatoms. The number of para-hydroxylation sites is 2. The summed E-state index contributed by atoms with van der Waals surface area (Å²) >= 11 is 0. The van der Waals surface area contributed by atoms with Crippen molar-refractivity contribution in [1.29, 1.82) is 0 Å². The second kappa shape index (κ2) is 9.62. The highest BCUT2D eigenvalue weighted by atomic mass is 16.1. The zero-order chi connectivity index (χ0) is 21.6. The lowest BCUT2D eigenvalue weighted by atomic mass is 10.2. The van der Waals surface area contributed by atoms with Crippen molar-refractivity contribution in [2.24, 2.45) is 0 Å². The van der Waals surface area contributed by atoms with E-state index in [1.54, 1.807) is 0 Å². The van der Waals surface area contributed by atoms with Crippen LogP contribution < -0.4 is 5.32 Å². The molecule has 4 rings (SSSR count). The lowest BCUT2D eigenvalue weighted by molar-refractivity contribution is 0.0954. The molecule has 0 bridgehead atoms. The fourth-order valence-corrected chi connectivity index (χ4v) is 3.79. The minimum atomic E-state index is -0.0608. The first-order chi connectivity index (χ1) is 15.1. The number of hydrogen-bond acceptors (Lipinski definition) is 3. The Kier molecular flexibility index (Phi) is 6.48. The lowest BCUT2D eigenvalue weighted by Crippen LogP contribution is -2.26. The van der Waals surface area contributed by atoms with Crippen LogP contribution >= 0.6 is 0 Å². The third-order valence-corrected chi connectivity index (χ3v) is 5.39. The van der Waals surface area contributed by atoms with Crippen LogP contribution in [0.3, 0.4) is 0 Å². The van der Waals surface area contributed by atoms with E-state index < -0.39 is 0 Å². The number of nitrogens with zero attached hydrogens (tertiary/aromatic N) is 4. The highest BCUT2D eigenvalue weighted by Crippen LogP contribution is 2.17. The van der Waals surface area contributed by atoms with E-state index in [9.17, 15) is 4.79 Å². The van der Waals surface area contributed by atoms with Gasteiger partial charge in [-0.2, -0.15) is 0 Å². The Labute approximate surface area is 183 Å². The normalized spacial score (nSPS) is 11.3. The van der Waals surface area contributed by atoms with E-state index in [0.29, 0.717) is 18.5 Å². The quantitative estimate of drug-likeness (QED) is 0.453. The van der Waals surface area contributed by atoms with Crippen molar-refractivity contribution in [3.05, 3.63) is 84.4 Å². The molecule has 1 N–H and O–H groups in total. The maximum absolute atomic E-state index is 12.6. The molecule has 0 radical (unpaired) electrons. The van der Waals surface area contributed by atoms with Gasteiger partial charge in [0.2, 0.25) is 0 Å². The predicted molar refractivity (Wildman–Crippen MR) is 125 cm³/mol. The van der Waals surface area contributed by atoms with Crippen LogP contribution in [-0.4, -0.2) is 52.1 Å². The molecule has 0 aliphatic rings. The van der Waals surface area contributed by atoms with E-state index in [-0.39, 0.29) is 5.91 Å². The number of aryl methyl sites for hydroxylation is 1. The Morgan fingerprint density at radius 3 is 2.48 bits per heavy atom. The number of carbonyl (C=O) groups excluding carboxylic acids is 1. The molecule has 0 spiro atoms. The lowest BCUT2D eigenvalue weighted by Gasteiger charge is -2.13. The standard InChI is InChI=1S/C25H29N5O/c1-28(2)16-7-19-30-23-9-4-3-8-22(23)27-24(30)14-15-26-25(31)20-10-12-21(13-11-20)29-17-5-6-18-29/h3-6,8-13,17-18H,7,14-16,19H2,1-2H3,(H,26,31). The zero-order valence-electron chi connectivity index (χ0n) is 18.2. The molecule has 2 aromatic heterocycles. The van der Waals surface area contributed by atoms with Gasteiger partial charge in [-0.25, -0.2) is 4.98 Å². The number of aromatic nitrogens is 3. The molecule has 2 aromatic carbocycles. The van der Waals surface area contributed by atoms with Gasteiger partial charge >= 0.3 is 0 Å². The summed E-state index contributed by atoms with van der Waals surface area (Å²) < 4.78 is 4.30. The number of fused-ring (bicyclic) bond motifs is 1. The van der Waals surface area contributed by atoms with Crippen LogP contribution in [0.1, 0.15) is 22.6 Å². The smallest absolute Gasteiger partial charge is 0.251 e. The van der Waals surface area contributed by atoms with Crippen LogP contribution in [0.5, 0.6) is 0 Å². The fraction of sp³-hybridized carbons (Fsp3) is 0.280. The number of imidazole rings is 1. The molecule has 0 atom stereocenters. The number of benzene rings is 2. The maximum atomic E-state index is 12.6. The number of hydrogen-bond donors (Lipinski definition) is 1. The van der Waals surface area contributed by atoms with Crippen LogP contribution in [0.2, 0.25) is 0 Å². The zero-order valence-corrected chi connectivity index (χ0v) is 18.2. The van der Waals surface area contributed by atoms with Crippen LogP contribution in [0.25, 0.3) is 16.7 Å². The molecule has 6 nitrogen and oxygen atoms in total. The summed E-state index contributed by atoms with van der Waals surface area (Å²) in [4.78, 5) is 19.6. The van der Waals surface area contributed by atoms with Gasteiger partial charge in [0.05, 0.1) is 11.0 Å². The van der Waals surface area contributed by atoms with Gasteiger partial charge in [-0.05, 0) is 75.6 Å². The number of amides is 1. The summed E-state index contributed by atoms with van der Waals surface area (Å²) in [6.45, 7) is 2.50. The molecule has 0 fully saturated rings. The molecule has 160 valence electrons. The molecule has 0 unspecified atom stereocenters. The van der Waals surface area contributed by atoms with Gasteiger partial charge in [0.15, 0.2) is 0 Å². The third-order valence-electron chi connectivity index (χ3n) is 5.39. The monoisotopic (exact) mass is 415 g/mol. The molecular weight excluding hydrogens is 386 g/mol. The molecule has 0 aliphatic heterocycles. The minimum Gasteiger partial charge on any atom is -0.352 e. The van der Waals surface area contributed by atoms with E-state index >= 15 is 0 Å². The van der Waals surface area contributed by atoms with Gasteiger partial charge < -0.3 is 19.4 Å².